The average Bonchev–Trinajstić information content (AvgIpc) is 2.17. The minimum atomic E-state index is -0.569. The molecule has 0 aliphatic carbocycles. The van der Waals surface area contributed by atoms with Crippen LogP contribution in [-0.2, 0) is 9.53 Å². The fourth-order valence-corrected chi connectivity index (χ4v) is 1.94. The summed E-state index contributed by atoms with van der Waals surface area (Å²) in [5, 5.41) is 8.95. The molecule has 0 amide bonds. The van der Waals surface area contributed by atoms with Crippen LogP contribution in [0.3, 0.4) is 0 Å². The van der Waals surface area contributed by atoms with Crippen LogP contribution in [0, 0.1) is 17.2 Å². The Labute approximate surface area is 96.9 Å². The number of halogens is 1. The Morgan fingerprint density at radius 1 is 1.73 bits per heavy atom. The molecule has 4 nitrogen and oxygen atoms in total. The molecule has 1 heterocycles. The second-order valence-corrected chi connectivity index (χ2v) is 3.96. The number of hydrogen-bond acceptors (Lipinski definition) is 4. The third-order valence-electron chi connectivity index (χ3n) is 1.90. The van der Waals surface area contributed by atoms with Gasteiger partial charge in [-0.05, 0) is 6.92 Å². The standard InChI is InChI=1S/C10H11BrN2O2/c1-3-15-10(14)8-5-13(2)6-9(11)7(8)4-12/h5-7H,3H2,1-2H3/t7-/m1/s1. The maximum absolute atomic E-state index is 11.5. The Balaban J connectivity index is 2.96. The van der Waals surface area contributed by atoms with E-state index in [9.17, 15) is 4.79 Å². The number of nitriles is 1. The van der Waals surface area contributed by atoms with Crippen molar-refractivity contribution in [3.05, 3.63) is 22.5 Å². The number of ether oxygens (including phenoxy) is 1. The summed E-state index contributed by atoms with van der Waals surface area (Å²) in [7, 11) is 1.79. The van der Waals surface area contributed by atoms with Crippen molar-refractivity contribution in [3.63, 3.8) is 0 Å². The lowest BCUT2D eigenvalue weighted by Crippen LogP contribution is -2.22. The first kappa shape index (κ1) is 11.8. The Kier molecular flexibility index (Phi) is 3.92. The average molecular weight is 271 g/mol. The summed E-state index contributed by atoms with van der Waals surface area (Å²) in [6, 6.07) is 2.05. The van der Waals surface area contributed by atoms with Crippen molar-refractivity contribution in [2.75, 3.05) is 13.7 Å². The molecule has 15 heavy (non-hydrogen) atoms. The van der Waals surface area contributed by atoms with E-state index in [0.29, 0.717) is 16.7 Å². The molecule has 0 saturated heterocycles. The van der Waals surface area contributed by atoms with E-state index in [1.807, 2.05) is 0 Å². The van der Waals surface area contributed by atoms with E-state index in [1.165, 1.54) is 0 Å². The molecule has 0 radical (unpaired) electrons. The SMILES string of the molecule is CCOC(=O)C1=CN(C)C=C(Br)[C@@H]1C#N. The van der Waals surface area contributed by atoms with Gasteiger partial charge in [-0.25, -0.2) is 4.79 Å². The van der Waals surface area contributed by atoms with Crippen molar-refractivity contribution in [3.8, 4) is 6.07 Å². The van der Waals surface area contributed by atoms with Crippen molar-refractivity contribution in [2.45, 2.75) is 6.92 Å². The zero-order valence-electron chi connectivity index (χ0n) is 8.53. The highest BCUT2D eigenvalue weighted by Gasteiger charge is 2.27. The van der Waals surface area contributed by atoms with Crippen molar-refractivity contribution in [2.24, 2.45) is 5.92 Å². The summed E-state index contributed by atoms with van der Waals surface area (Å²) in [5.41, 5.74) is 0.358. The Morgan fingerprint density at radius 3 is 2.93 bits per heavy atom. The van der Waals surface area contributed by atoms with E-state index in [-0.39, 0.29) is 0 Å². The zero-order chi connectivity index (χ0) is 11.4. The van der Waals surface area contributed by atoms with Crippen LogP contribution in [0.5, 0.6) is 0 Å². The van der Waals surface area contributed by atoms with Crippen LogP contribution in [-0.4, -0.2) is 24.5 Å². The fraction of sp³-hybridized carbons (Fsp3) is 0.400. The third kappa shape index (κ3) is 2.60. The van der Waals surface area contributed by atoms with Crippen molar-refractivity contribution in [1.82, 2.24) is 4.90 Å². The van der Waals surface area contributed by atoms with Crippen LogP contribution in [0.4, 0.5) is 0 Å². The molecule has 1 atom stereocenters. The summed E-state index contributed by atoms with van der Waals surface area (Å²) < 4.78 is 5.54. The van der Waals surface area contributed by atoms with Crippen LogP contribution in [0.15, 0.2) is 22.5 Å². The minimum absolute atomic E-state index is 0.305. The summed E-state index contributed by atoms with van der Waals surface area (Å²) in [4.78, 5) is 13.3. The van der Waals surface area contributed by atoms with Gasteiger partial charge in [0.2, 0.25) is 0 Å². The first-order valence-electron chi connectivity index (χ1n) is 4.47. The number of carbonyl (C=O) groups excluding carboxylic acids is 1. The van der Waals surface area contributed by atoms with Crippen molar-refractivity contribution >= 4 is 21.9 Å². The van der Waals surface area contributed by atoms with Gasteiger partial charge in [0.1, 0.15) is 5.92 Å². The molecule has 0 aromatic rings. The van der Waals surface area contributed by atoms with Gasteiger partial charge in [-0.2, -0.15) is 5.26 Å². The lowest BCUT2D eigenvalue weighted by atomic mass is 9.99. The first-order chi connectivity index (χ1) is 7.10. The zero-order valence-corrected chi connectivity index (χ0v) is 10.1. The van der Waals surface area contributed by atoms with Gasteiger partial charge in [-0.3, -0.25) is 0 Å². The molecule has 5 heteroatoms. The van der Waals surface area contributed by atoms with E-state index < -0.39 is 11.9 Å². The molecule has 80 valence electrons. The number of hydrogen-bond donors (Lipinski definition) is 0. The maximum atomic E-state index is 11.5. The molecule has 0 bridgehead atoms. The maximum Gasteiger partial charge on any atom is 0.337 e. The highest BCUT2D eigenvalue weighted by atomic mass is 79.9. The van der Waals surface area contributed by atoms with E-state index >= 15 is 0 Å². The first-order valence-corrected chi connectivity index (χ1v) is 5.27. The Hall–Kier alpha value is -1.28. The molecule has 0 N–H and O–H groups in total. The molecule has 1 aliphatic rings. The van der Waals surface area contributed by atoms with E-state index in [0.717, 1.165) is 0 Å². The van der Waals surface area contributed by atoms with Gasteiger partial charge in [-0.15, -0.1) is 0 Å². The van der Waals surface area contributed by atoms with Crippen molar-refractivity contribution < 1.29 is 9.53 Å². The molecule has 0 aromatic heterocycles. The van der Waals surface area contributed by atoms with Crippen LogP contribution in [0.25, 0.3) is 0 Å². The van der Waals surface area contributed by atoms with Crippen LogP contribution < -0.4 is 0 Å². The van der Waals surface area contributed by atoms with Crippen LogP contribution in [0.1, 0.15) is 6.92 Å². The largest absolute Gasteiger partial charge is 0.463 e. The lowest BCUT2D eigenvalue weighted by molar-refractivity contribution is -0.138. The Morgan fingerprint density at radius 2 is 2.40 bits per heavy atom. The number of nitrogens with zero attached hydrogens (tertiary/aromatic N) is 2. The summed E-state index contributed by atoms with van der Waals surface area (Å²) >= 11 is 3.26. The van der Waals surface area contributed by atoms with Gasteiger partial charge in [0.25, 0.3) is 0 Å². The summed E-state index contributed by atoms with van der Waals surface area (Å²) in [6.45, 7) is 2.04. The van der Waals surface area contributed by atoms with Crippen molar-refractivity contribution in [1.29, 1.82) is 5.26 Å². The quantitative estimate of drug-likeness (QED) is 0.718. The third-order valence-corrected chi connectivity index (χ3v) is 2.56. The number of rotatable bonds is 2. The topological polar surface area (TPSA) is 53.3 Å². The van der Waals surface area contributed by atoms with Crippen LogP contribution in [0.2, 0.25) is 0 Å². The van der Waals surface area contributed by atoms with E-state index in [4.69, 9.17) is 10.00 Å². The van der Waals surface area contributed by atoms with E-state index in [2.05, 4.69) is 22.0 Å². The van der Waals surface area contributed by atoms with Gasteiger partial charge >= 0.3 is 5.97 Å². The number of esters is 1. The minimum Gasteiger partial charge on any atom is -0.463 e. The predicted molar refractivity (Wildman–Crippen MR) is 58.6 cm³/mol. The highest BCUT2D eigenvalue weighted by Crippen LogP contribution is 2.29. The fourth-order valence-electron chi connectivity index (χ4n) is 1.27. The van der Waals surface area contributed by atoms with E-state index in [1.54, 1.807) is 31.3 Å². The molecule has 0 aromatic carbocycles. The molecule has 1 aliphatic heterocycles. The van der Waals surface area contributed by atoms with Crippen LogP contribution >= 0.6 is 15.9 Å². The van der Waals surface area contributed by atoms with Gasteiger partial charge < -0.3 is 9.64 Å². The van der Waals surface area contributed by atoms with Gasteiger partial charge in [-0.1, -0.05) is 15.9 Å². The second-order valence-electron chi connectivity index (χ2n) is 3.05. The second kappa shape index (κ2) is 4.99. The lowest BCUT2D eigenvalue weighted by Gasteiger charge is -2.21. The van der Waals surface area contributed by atoms with Gasteiger partial charge in [0, 0.05) is 23.9 Å². The number of carbonyl (C=O) groups is 1. The van der Waals surface area contributed by atoms with Gasteiger partial charge in [0.15, 0.2) is 0 Å². The monoisotopic (exact) mass is 270 g/mol. The Bertz CT molecular complexity index is 368. The molecule has 0 saturated carbocycles. The molecule has 0 spiro atoms. The molecular formula is C10H11BrN2O2. The molecule has 1 rings (SSSR count). The number of allylic oxidation sites excluding steroid dienone is 1. The summed E-state index contributed by atoms with van der Waals surface area (Å²) in [5.74, 6) is -1.01. The van der Waals surface area contributed by atoms with Gasteiger partial charge in [0.05, 0.1) is 18.2 Å². The predicted octanol–water partition coefficient (Wildman–Crippen LogP) is 1.75. The molecule has 0 unspecified atom stereocenters. The summed E-state index contributed by atoms with van der Waals surface area (Å²) in [6.07, 6.45) is 3.35. The smallest absolute Gasteiger partial charge is 0.337 e. The molecule has 0 fully saturated rings. The molecular weight excluding hydrogens is 260 g/mol. The highest BCUT2D eigenvalue weighted by molar-refractivity contribution is 9.11. The normalized spacial score (nSPS) is 20.1.